The van der Waals surface area contributed by atoms with Crippen LogP contribution in [-0.2, 0) is 6.42 Å². The fourth-order valence-electron chi connectivity index (χ4n) is 2.26. The molecule has 1 aliphatic rings. The topological polar surface area (TPSA) is 26.0 Å². The Hall–Kier alpha value is -0.600. The lowest BCUT2D eigenvalue weighted by Crippen LogP contribution is -2.31. The van der Waals surface area contributed by atoms with Crippen molar-refractivity contribution in [2.45, 2.75) is 26.2 Å². The first-order valence-corrected chi connectivity index (χ1v) is 6.07. The van der Waals surface area contributed by atoms with Crippen LogP contribution in [0.4, 0.5) is 4.39 Å². The lowest BCUT2D eigenvalue weighted by atomic mass is 9.79. The van der Waals surface area contributed by atoms with E-state index in [0.29, 0.717) is 17.5 Å². The summed E-state index contributed by atoms with van der Waals surface area (Å²) in [5.74, 6) is 0.424. The van der Waals surface area contributed by atoms with Crippen LogP contribution >= 0.6 is 11.6 Å². The van der Waals surface area contributed by atoms with Crippen LogP contribution in [0, 0.1) is 17.2 Å². The van der Waals surface area contributed by atoms with Crippen molar-refractivity contribution in [2.24, 2.45) is 17.1 Å². The second-order valence-electron chi connectivity index (χ2n) is 5.04. The number of benzene rings is 1. The van der Waals surface area contributed by atoms with Gasteiger partial charge >= 0.3 is 0 Å². The molecule has 1 aromatic carbocycles. The number of hydrogen-bond acceptors (Lipinski definition) is 1. The van der Waals surface area contributed by atoms with Gasteiger partial charge < -0.3 is 5.73 Å². The van der Waals surface area contributed by atoms with Crippen molar-refractivity contribution in [3.63, 3.8) is 0 Å². The maximum atomic E-state index is 12.9. The highest BCUT2D eigenvalue weighted by atomic mass is 35.5. The lowest BCUT2D eigenvalue weighted by Gasteiger charge is -2.28. The van der Waals surface area contributed by atoms with Gasteiger partial charge in [0.1, 0.15) is 5.82 Å². The molecule has 1 saturated carbocycles. The van der Waals surface area contributed by atoms with E-state index in [2.05, 4.69) is 6.92 Å². The van der Waals surface area contributed by atoms with Crippen LogP contribution in [0.25, 0.3) is 0 Å². The highest BCUT2D eigenvalue weighted by Crippen LogP contribution is 2.47. The lowest BCUT2D eigenvalue weighted by molar-refractivity contribution is 0.281. The fourth-order valence-corrected chi connectivity index (χ4v) is 2.50. The molecule has 16 heavy (non-hydrogen) atoms. The minimum absolute atomic E-state index is 0.113. The number of halogens is 2. The summed E-state index contributed by atoms with van der Waals surface area (Å²) in [6, 6.07) is 4.61. The molecule has 0 saturated heterocycles. The van der Waals surface area contributed by atoms with Gasteiger partial charge in [-0.3, -0.25) is 0 Å². The molecule has 88 valence electrons. The summed E-state index contributed by atoms with van der Waals surface area (Å²) >= 11 is 6.04. The van der Waals surface area contributed by atoms with Gasteiger partial charge in [0.2, 0.25) is 0 Å². The monoisotopic (exact) mass is 241 g/mol. The summed E-state index contributed by atoms with van der Waals surface area (Å²) in [7, 11) is 0. The SMILES string of the molecule is CC(CN)(Cc1ccc(F)cc1Cl)C1CC1. The molecule has 0 aromatic heterocycles. The summed E-state index contributed by atoms with van der Waals surface area (Å²) in [4.78, 5) is 0. The third kappa shape index (κ3) is 2.38. The fraction of sp³-hybridized carbons (Fsp3) is 0.538. The van der Waals surface area contributed by atoms with Gasteiger partial charge in [-0.25, -0.2) is 4.39 Å². The highest BCUT2D eigenvalue weighted by molar-refractivity contribution is 6.31. The molecule has 1 atom stereocenters. The Morgan fingerprint density at radius 1 is 1.50 bits per heavy atom. The van der Waals surface area contributed by atoms with Crippen LogP contribution in [0.1, 0.15) is 25.3 Å². The predicted molar refractivity (Wildman–Crippen MR) is 65.0 cm³/mol. The molecule has 0 spiro atoms. The Labute approximate surface area is 101 Å². The van der Waals surface area contributed by atoms with Gasteiger partial charge in [-0.2, -0.15) is 0 Å². The molecule has 3 heteroatoms. The molecular formula is C13H17ClFN. The molecule has 0 bridgehead atoms. The quantitative estimate of drug-likeness (QED) is 0.859. The molecule has 0 radical (unpaired) electrons. The molecule has 1 fully saturated rings. The van der Waals surface area contributed by atoms with Crippen LogP contribution < -0.4 is 5.73 Å². The zero-order valence-electron chi connectivity index (χ0n) is 9.47. The van der Waals surface area contributed by atoms with E-state index in [-0.39, 0.29) is 11.2 Å². The first kappa shape index (κ1) is 11.9. The summed E-state index contributed by atoms with van der Waals surface area (Å²) in [6.07, 6.45) is 3.35. The third-order valence-corrected chi connectivity index (χ3v) is 3.99. The van der Waals surface area contributed by atoms with Crippen molar-refractivity contribution in [1.82, 2.24) is 0 Å². The predicted octanol–water partition coefficient (Wildman–Crippen LogP) is 3.40. The van der Waals surface area contributed by atoms with Crippen molar-refractivity contribution < 1.29 is 4.39 Å². The van der Waals surface area contributed by atoms with E-state index in [1.165, 1.54) is 25.0 Å². The van der Waals surface area contributed by atoms with Gasteiger partial charge in [-0.15, -0.1) is 0 Å². The number of rotatable bonds is 4. The molecular weight excluding hydrogens is 225 g/mol. The van der Waals surface area contributed by atoms with E-state index >= 15 is 0 Å². The minimum Gasteiger partial charge on any atom is -0.330 e. The molecule has 1 unspecified atom stereocenters. The van der Waals surface area contributed by atoms with Crippen molar-refractivity contribution in [2.75, 3.05) is 6.54 Å². The maximum Gasteiger partial charge on any atom is 0.124 e. The van der Waals surface area contributed by atoms with Crippen molar-refractivity contribution in [3.8, 4) is 0 Å². The Morgan fingerprint density at radius 3 is 2.69 bits per heavy atom. The summed E-state index contributed by atoms with van der Waals surface area (Å²) in [5.41, 5.74) is 6.97. The van der Waals surface area contributed by atoms with Crippen LogP contribution in [0.3, 0.4) is 0 Å². The van der Waals surface area contributed by atoms with E-state index in [0.717, 1.165) is 12.0 Å². The Kier molecular flexibility index (Phi) is 3.22. The summed E-state index contributed by atoms with van der Waals surface area (Å²) in [5, 5.41) is 0.514. The molecule has 1 aromatic rings. The van der Waals surface area contributed by atoms with Crippen LogP contribution in [0.2, 0.25) is 5.02 Å². The zero-order valence-corrected chi connectivity index (χ0v) is 10.2. The normalized spacial score (nSPS) is 19.5. The molecule has 0 heterocycles. The Morgan fingerprint density at radius 2 is 2.19 bits per heavy atom. The second kappa shape index (κ2) is 4.34. The largest absolute Gasteiger partial charge is 0.330 e. The third-order valence-electron chi connectivity index (χ3n) is 3.64. The summed E-state index contributed by atoms with van der Waals surface area (Å²) < 4.78 is 12.9. The highest BCUT2D eigenvalue weighted by Gasteiger charge is 2.40. The van der Waals surface area contributed by atoms with Crippen molar-refractivity contribution in [3.05, 3.63) is 34.6 Å². The first-order chi connectivity index (χ1) is 7.55. The molecule has 1 nitrogen and oxygen atoms in total. The van der Waals surface area contributed by atoms with E-state index in [1.807, 2.05) is 0 Å². The first-order valence-electron chi connectivity index (χ1n) is 5.69. The molecule has 0 aliphatic heterocycles. The van der Waals surface area contributed by atoms with Crippen LogP contribution in [0.5, 0.6) is 0 Å². The standard InChI is InChI=1S/C13H17ClFN/c1-13(8-16,10-3-4-10)7-9-2-5-11(15)6-12(9)14/h2,5-6,10H,3-4,7-8,16H2,1H3. The summed E-state index contributed by atoms with van der Waals surface area (Å²) in [6.45, 7) is 2.86. The van der Waals surface area contributed by atoms with Crippen molar-refractivity contribution >= 4 is 11.6 Å². The van der Waals surface area contributed by atoms with Crippen molar-refractivity contribution in [1.29, 1.82) is 0 Å². The molecule has 2 N–H and O–H groups in total. The molecule has 1 aliphatic carbocycles. The van der Waals surface area contributed by atoms with E-state index in [1.54, 1.807) is 6.07 Å². The number of nitrogens with two attached hydrogens (primary N) is 1. The Bertz CT molecular complexity index is 390. The maximum absolute atomic E-state index is 12.9. The number of hydrogen-bond donors (Lipinski definition) is 1. The van der Waals surface area contributed by atoms with E-state index in [4.69, 9.17) is 17.3 Å². The average Bonchev–Trinajstić information content (AvgIpc) is 3.06. The van der Waals surface area contributed by atoms with Gasteiger partial charge in [0.25, 0.3) is 0 Å². The van der Waals surface area contributed by atoms with Gasteiger partial charge in [-0.05, 0) is 54.8 Å². The van der Waals surface area contributed by atoms with Gasteiger partial charge in [0.05, 0.1) is 0 Å². The second-order valence-corrected chi connectivity index (χ2v) is 5.45. The van der Waals surface area contributed by atoms with Crippen LogP contribution in [0.15, 0.2) is 18.2 Å². The van der Waals surface area contributed by atoms with Gasteiger partial charge in [0.15, 0.2) is 0 Å². The van der Waals surface area contributed by atoms with E-state index in [9.17, 15) is 4.39 Å². The van der Waals surface area contributed by atoms with Gasteiger partial charge in [-0.1, -0.05) is 24.6 Å². The van der Waals surface area contributed by atoms with Gasteiger partial charge in [0, 0.05) is 5.02 Å². The van der Waals surface area contributed by atoms with E-state index < -0.39 is 0 Å². The minimum atomic E-state index is -0.283. The molecule has 2 rings (SSSR count). The Balaban J connectivity index is 2.18. The smallest absolute Gasteiger partial charge is 0.124 e. The molecule has 0 amide bonds. The average molecular weight is 242 g/mol. The zero-order chi connectivity index (χ0) is 11.8. The van der Waals surface area contributed by atoms with Crippen LogP contribution in [-0.4, -0.2) is 6.54 Å².